The van der Waals surface area contributed by atoms with E-state index in [-0.39, 0.29) is 24.8 Å². The molecule has 0 aliphatic heterocycles. The molecule has 0 amide bonds. The summed E-state index contributed by atoms with van der Waals surface area (Å²) in [6, 6.07) is 0. The van der Waals surface area contributed by atoms with Crippen LogP contribution in [0.4, 0.5) is 0 Å². The highest BCUT2D eigenvalue weighted by Crippen LogP contribution is 2.35. The largest absolute Gasteiger partial charge is 0.458 e. The van der Waals surface area contributed by atoms with Crippen molar-refractivity contribution in [1.82, 2.24) is 0 Å². The van der Waals surface area contributed by atoms with E-state index in [4.69, 9.17) is 9.47 Å². The minimum Gasteiger partial charge on any atom is -0.458 e. The monoisotopic (exact) mass is 312 g/mol. The normalized spacial score (nSPS) is 36.3. The second-order valence-electron chi connectivity index (χ2n) is 7.56. The number of hydrogen-bond acceptors (Lipinski definition) is 4. The van der Waals surface area contributed by atoms with E-state index in [0.29, 0.717) is 17.8 Å². The number of rotatable bonds is 5. The zero-order valence-electron chi connectivity index (χ0n) is 14.3. The van der Waals surface area contributed by atoms with E-state index >= 15 is 0 Å². The van der Waals surface area contributed by atoms with E-state index in [0.717, 1.165) is 32.1 Å². The molecule has 0 aromatic carbocycles. The van der Waals surface area contributed by atoms with Crippen LogP contribution in [0.3, 0.4) is 0 Å². The summed E-state index contributed by atoms with van der Waals surface area (Å²) < 4.78 is 11.3. The van der Waals surface area contributed by atoms with Crippen molar-refractivity contribution in [2.75, 3.05) is 6.61 Å². The highest BCUT2D eigenvalue weighted by molar-refractivity contribution is 5.71. The molecule has 0 bridgehead atoms. The van der Waals surface area contributed by atoms with E-state index < -0.39 is 6.10 Å². The van der Waals surface area contributed by atoms with Gasteiger partial charge in [-0.1, -0.05) is 33.6 Å². The average Bonchev–Trinajstić information content (AvgIpc) is 2.47. The van der Waals surface area contributed by atoms with Gasteiger partial charge >= 0.3 is 5.97 Å². The Labute approximate surface area is 134 Å². The van der Waals surface area contributed by atoms with Crippen molar-refractivity contribution in [2.45, 2.75) is 84.0 Å². The second kappa shape index (κ2) is 8.30. The highest BCUT2D eigenvalue weighted by Gasteiger charge is 2.32. The van der Waals surface area contributed by atoms with Gasteiger partial charge < -0.3 is 14.6 Å². The van der Waals surface area contributed by atoms with Crippen molar-refractivity contribution in [3.8, 4) is 0 Å². The van der Waals surface area contributed by atoms with Gasteiger partial charge in [-0.3, -0.25) is 0 Å². The fourth-order valence-corrected chi connectivity index (χ4v) is 3.90. The first-order chi connectivity index (χ1) is 10.5. The van der Waals surface area contributed by atoms with Crippen LogP contribution in [0.2, 0.25) is 0 Å². The summed E-state index contributed by atoms with van der Waals surface area (Å²) in [6.45, 7) is 6.73. The summed E-state index contributed by atoms with van der Waals surface area (Å²) in [4.78, 5) is 12.0. The lowest BCUT2D eigenvalue weighted by atomic mass is 9.75. The van der Waals surface area contributed by atoms with Gasteiger partial charge in [0.15, 0.2) is 0 Å². The highest BCUT2D eigenvalue weighted by atomic mass is 16.6. The zero-order chi connectivity index (χ0) is 16.1. The fourth-order valence-electron chi connectivity index (χ4n) is 3.90. The van der Waals surface area contributed by atoms with Crippen molar-refractivity contribution in [1.29, 1.82) is 0 Å². The third-order valence-electron chi connectivity index (χ3n) is 5.33. The van der Waals surface area contributed by atoms with E-state index in [1.807, 2.05) is 0 Å². The molecule has 0 saturated heterocycles. The summed E-state index contributed by atoms with van der Waals surface area (Å²) >= 11 is 0. The second-order valence-corrected chi connectivity index (χ2v) is 7.56. The van der Waals surface area contributed by atoms with Gasteiger partial charge in [0, 0.05) is 0 Å². The Hall–Kier alpha value is -0.610. The summed E-state index contributed by atoms with van der Waals surface area (Å²) in [5, 5.41) is 9.87. The van der Waals surface area contributed by atoms with Crippen LogP contribution in [0.25, 0.3) is 0 Å². The molecular formula is C18H32O4. The smallest absolute Gasteiger partial charge is 0.332 e. The standard InChI is InChI=1S/C18H32O4/c1-12(2)14-9-8-13(3)10-17(14)21-11-18(20)22-16-7-5-4-6-15(16)19/h12-17,19H,4-11H2,1-3H3/t13?,14?,15?,16-,17?/m1/s1. The van der Waals surface area contributed by atoms with Crippen LogP contribution in [-0.4, -0.2) is 36.0 Å². The van der Waals surface area contributed by atoms with Crippen molar-refractivity contribution >= 4 is 5.97 Å². The van der Waals surface area contributed by atoms with Crippen LogP contribution in [0.1, 0.15) is 65.7 Å². The summed E-state index contributed by atoms with van der Waals surface area (Å²) in [7, 11) is 0. The fraction of sp³-hybridized carbons (Fsp3) is 0.944. The maximum Gasteiger partial charge on any atom is 0.332 e. The first-order valence-electron chi connectivity index (χ1n) is 8.96. The molecule has 2 fully saturated rings. The number of carbonyl (C=O) groups is 1. The molecule has 0 heterocycles. The van der Waals surface area contributed by atoms with Crippen LogP contribution in [0.15, 0.2) is 0 Å². The lowest BCUT2D eigenvalue weighted by Crippen LogP contribution is -2.38. The molecule has 0 spiro atoms. The van der Waals surface area contributed by atoms with Gasteiger partial charge in [-0.2, -0.15) is 0 Å². The van der Waals surface area contributed by atoms with Gasteiger partial charge in [0.05, 0.1) is 12.2 Å². The molecule has 0 radical (unpaired) electrons. The molecule has 2 aliphatic carbocycles. The van der Waals surface area contributed by atoms with Crippen LogP contribution in [-0.2, 0) is 14.3 Å². The zero-order valence-corrected chi connectivity index (χ0v) is 14.3. The number of ether oxygens (including phenoxy) is 2. The van der Waals surface area contributed by atoms with Crippen molar-refractivity contribution < 1.29 is 19.4 Å². The number of aliphatic hydroxyl groups excluding tert-OH is 1. The van der Waals surface area contributed by atoms with Gasteiger partial charge in [-0.15, -0.1) is 0 Å². The molecule has 22 heavy (non-hydrogen) atoms. The molecule has 4 unspecified atom stereocenters. The molecule has 0 aromatic heterocycles. The molecule has 4 heteroatoms. The minimum atomic E-state index is -0.504. The van der Waals surface area contributed by atoms with E-state index in [1.54, 1.807) is 0 Å². The van der Waals surface area contributed by atoms with E-state index in [1.165, 1.54) is 12.8 Å². The molecule has 128 valence electrons. The molecule has 4 nitrogen and oxygen atoms in total. The predicted molar refractivity (Wildman–Crippen MR) is 85.4 cm³/mol. The van der Waals surface area contributed by atoms with Crippen molar-refractivity contribution in [3.05, 3.63) is 0 Å². The molecule has 2 aliphatic rings. The first-order valence-corrected chi connectivity index (χ1v) is 8.96. The van der Waals surface area contributed by atoms with Gasteiger partial charge in [-0.25, -0.2) is 4.79 Å². The van der Waals surface area contributed by atoms with E-state index in [2.05, 4.69) is 20.8 Å². The lowest BCUT2D eigenvalue weighted by molar-refractivity contribution is -0.167. The maximum absolute atomic E-state index is 12.0. The molecular weight excluding hydrogens is 280 g/mol. The molecule has 2 rings (SSSR count). The number of hydrogen-bond donors (Lipinski definition) is 1. The first kappa shape index (κ1) is 17.7. The average molecular weight is 312 g/mol. The van der Waals surface area contributed by atoms with Crippen molar-refractivity contribution in [2.24, 2.45) is 17.8 Å². The molecule has 1 N–H and O–H groups in total. The SMILES string of the molecule is CC1CCC(C(C)C)C(OCC(=O)O[C@@H]2CCCCC2O)C1. The minimum absolute atomic E-state index is 0.0177. The molecule has 5 atom stereocenters. The number of aliphatic hydroxyl groups is 1. The Morgan fingerprint density at radius 3 is 2.55 bits per heavy atom. The molecule has 0 aromatic rings. The van der Waals surface area contributed by atoms with Gasteiger partial charge in [0.25, 0.3) is 0 Å². The Morgan fingerprint density at radius 2 is 1.86 bits per heavy atom. The topological polar surface area (TPSA) is 55.8 Å². The van der Waals surface area contributed by atoms with Crippen LogP contribution in [0.5, 0.6) is 0 Å². The summed E-state index contributed by atoms with van der Waals surface area (Å²) in [6.07, 6.45) is 6.31. The van der Waals surface area contributed by atoms with Crippen LogP contribution >= 0.6 is 0 Å². The van der Waals surface area contributed by atoms with Gasteiger partial charge in [-0.05, 0) is 49.9 Å². The Balaban J connectivity index is 1.78. The maximum atomic E-state index is 12.0. The Morgan fingerprint density at radius 1 is 1.14 bits per heavy atom. The predicted octanol–water partition coefficient (Wildman–Crippen LogP) is 3.31. The third-order valence-corrected chi connectivity index (χ3v) is 5.33. The van der Waals surface area contributed by atoms with Crippen molar-refractivity contribution in [3.63, 3.8) is 0 Å². The summed E-state index contributed by atoms with van der Waals surface area (Å²) in [5.74, 6) is 1.45. The quantitative estimate of drug-likeness (QED) is 0.791. The Bertz CT molecular complexity index is 355. The Kier molecular flexibility index (Phi) is 6.69. The van der Waals surface area contributed by atoms with Crippen LogP contribution in [0, 0.1) is 17.8 Å². The van der Waals surface area contributed by atoms with Gasteiger partial charge in [0.1, 0.15) is 12.7 Å². The van der Waals surface area contributed by atoms with E-state index in [9.17, 15) is 9.90 Å². The third kappa shape index (κ3) is 4.95. The summed E-state index contributed by atoms with van der Waals surface area (Å²) in [5.41, 5.74) is 0. The lowest BCUT2D eigenvalue weighted by Gasteiger charge is -2.37. The molecule has 2 saturated carbocycles. The number of carbonyl (C=O) groups excluding carboxylic acids is 1. The number of esters is 1. The van der Waals surface area contributed by atoms with Crippen LogP contribution < -0.4 is 0 Å². The van der Waals surface area contributed by atoms with Gasteiger partial charge in [0.2, 0.25) is 0 Å².